The van der Waals surface area contributed by atoms with Crippen LogP contribution in [0.3, 0.4) is 0 Å². The van der Waals surface area contributed by atoms with Crippen LogP contribution in [0.4, 0.5) is 5.69 Å². The number of carbonyl (C=O) groups excluding carboxylic acids is 1. The van der Waals surface area contributed by atoms with Gasteiger partial charge in [0.1, 0.15) is 0 Å². The molecule has 0 spiro atoms. The summed E-state index contributed by atoms with van der Waals surface area (Å²) in [5, 5.41) is 0. The van der Waals surface area contributed by atoms with Crippen molar-refractivity contribution in [3.05, 3.63) is 30.3 Å². The molecule has 0 N–H and O–H groups in total. The molecule has 0 aliphatic rings. The van der Waals surface area contributed by atoms with Gasteiger partial charge in [-0.3, -0.25) is 4.79 Å². The summed E-state index contributed by atoms with van der Waals surface area (Å²) >= 11 is 0. The van der Waals surface area contributed by atoms with Crippen molar-refractivity contribution < 1.29 is 4.79 Å². The van der Waals surface area contributed by atoms with Crippen molar-refractivity contribution in [2.75, 3.05) is 11.9 Å². The average molecular weight is 191 g/mol. The first-order valence-corrected chi connectivity index (χ1v) is 4.99. The summed E-state index contributed by atoms with van der Waals surface area (Å²) in [7, 11) is 1.82. The van der Waals surface area contributed by atoms with E-state index in [-0.39, 0.29) is 11.8 Å². The molecule has 0 aliphatic heterocycles. The monoisotopic (exact) mass is 191 g/mol. The Bertz CT molecular complexity index is 294. The van der Waals surface area contributed by atoms with E-state index >= 15 is 0 Å². The molecule has 0 aromatic heterocycles. The number of nitrogens with zero attached hydrogens (tertiary/aromatic N) is 1. The number of para-hydroxylation sites is 1. The number of hydrogen-bond donors (Lipinski definition) is 0. The second-order valence-electron chi connectivity index (χ2n) is 3.54. The molecule has 0 saturated heterocycles. The standard InChI is InChI=1S/C12H17NO/c1-4-10(2)12(14)13(3)11-8-6-5-7-9-11/h5-10H,4H2,1-3H3/t10-/m1/s1. The van der Waals surface area contributed by atoms with Gasteiger partial charge in [0.15, 0.2) is 0 Å². The summed E-state index contributed by atoms with van der Waals surface area (Å²) in [5.41, 5.74) is 0.956. The van der Waals surface area contributed by atoms with Crippen LogP contribution in [-0.2, 0) is 4.79 Å². The highest BCUT2D eigenvalue weighted by Crippen LogP contribution is 2.15. The smallest absolute Gasteiger partial charge is 0.229 e. The van der Waals surface area contributed by atoms with E-state index < -0.39 is 0 Å². The molecular formula is C12H17NO. The third kappa shape index (κ3) is 2.34. The Balaban J connectivity index is 2.76. The normalized spacial score (nSPS) is 12.2. The molecule has 2 nitrogen and oxygen atoms in total. The number of carbonyl (C=O) groups is 1. The third-order valence-electron chi connectivity index (χ3n) is 2.51. The minimum atomic E-state index is 0.0974. The Labute approximate surface area is 85.5 Å². The molecule has 0 bridgehead atoms. The molecule has 2 heteroatoms. The van der Waals surface area contributed by atoms with E-state index in [1.807, 2.05) is 51.2 Å². The predicted molar refractivity (Wildman–Crippen MR) is 59.3 cm³/mol. The number of hydrogen-bond acceptors (Lipinski definition) is 1. The molecule has 0 radical (unpaired) electrons. The molecule has 1 amide bonds. The van der Waals surface area contributed by atoms with Crippen molar-refractivity contribution in [2.45, 2.75) is 20.3 Å². The molecular weight excluding hydrogens is 174 g/mol. The van der Waals surface area contributed by atoms with Crippen LogP contribution in [-0.4, -0.2) is 13.0 Å². The maximum absolute atomic E-state index is 11.8. The molecule has 0 unspecified atom stereocenters. The molecule has 0 aliphatic carbocycles. The fraction of sp³-hybridized carbons (Fsp3) is 0.417. The molecule has 1 aromatic carbocycles. The molecule has 1 aromatic rings. The summed E-state index contributed by atoms with van der Waals surface area (Å²) in [4.78, 5) is 13.5. The summed E-state index contributed by atoms with van der Waals surface area (Å²) in [6.07, 6.45) is 0.885. The minimum Gasteiger partial charge on any atom is -0.315 e. The summed E-state index contributed by atoms with van der Waals surface area (Å²) in [6.45, 7) is 3.99. The highest BCUT2D eigenvalue weighted by molar-refractivity contribution is 5.94. The maximum Gasteiger partial charge on any atom is 0.229 e. The lowest BCUT2D eigenvalue weighted by Gasteiger charge is -2.20. The predicted octanol–water partition coefficient (Wildman–Crippen LogP) is 2.70. The molecule has 76 valence electrons. The van der Waals surface area contributed by atoms with Gasteiger partial charge >= 0.3 is 0 Å². The zero-order chi connectivity index (χ0) is 10.6. The van der Waals surface area contributed by atoms with Gasteiger partial charge in [-0.1, -0.05) is 32.0 Å². The van der Waals surface area contributed by atoms with Gasteiger partial charge in [0.05, 0.1) is 0 Å². The van der Waals surface area contributed by atoms with E-state index in [2.05, 4.69) is 0 Å². The van der Waals surface area contributed by atoms with Crippen LogP contribution in [0.15, 0.2) is 30.3 Å². The quantitative estimate of drug-likeness (QED) is 0.719. The highest BCUT2D eigenvalue weighted by Gasteiger charge is 2.16. The zero-order valence-corrected chi connectivity index (χ0v) is 9.03. The van der Waals surface area contributed by atoms with Gasteiger partial charge in [-0.05, 0) is 18.6 Å². The van der Waals surface area contributed by atoms with Crippen LogP contribution < -0.4 is 4.90 Å². The largest absolute Gasteiger partial charge is 0.315 e. The van der Waals surface area contributed by atoms with Crippen LogP contribution in [0.5, 0.6) is 0 Å². The van der Waals surface area contributed by atoms with Crippen LogP contribution in [0.1, 0.15) is 20.3 Å². The van der Waals surface area contributed by atoms with Gasteiger partial charge in [-0.15, -0.1) is 0 Å². The van der Waals surface area contributed by atoms with Gasteiger partial charge < -0.3 is 4.90 Å². The molecule has 1 rings (SSSR count). The third-order valence-corrected chi connectivity index (χ3v) is 2.51. The van der Waals surface area contributed by atoms with Crippen molar-refractivity contribution in [3.8, 4) is 0 Å². The van der Waals surface area contributed by atoms with Crippen molar-refractivity contribution in [1.29, 1.82) is 0 Å². The van der Waals surface area contributed by atoms with Crippen LogP contribution in [0.2, 0.25) is 0 Å². The van der Waals surface area contributed by atoms with Gasteiger partial charge in [-0.2, -0.15) is 0 Å². The van der Waals surface area contributed by atoms with E-state index in [9.17, 15) is 4.79 Å². The second-order valence-corrected chi connectivity index (χ2v) is 3.54. The molecule has 14 heavy (non-hydrogen) atoms. The Morgan fingerprint density at radius 2 is 1.93 bits per heavy atom. The van der Waals surface area contributed by atoms with Crippen LogP contribution >= 0.6 is 0 Å². The van der Waals surface area contributed by atoms with Gasteiger partial charge in [-0.25, -0.2) is 0 Å². The summed E-state index contributed by atoms with van der Waals surface area (Å²) in [5.74, 6) is 0.277. The Morgan fingerprint density at radius 3 is 2.43 bits per heavy atom. The first kappa shape index (κ1) is 10.8. The lowest BCUT2D eigenvalue weighted by molar-refractivity contribution is -0.121. The molecule has 0 saturated carbocycles. The Morgan fingerprint density at radius 1 is 1.36 bits per heavy atom. The van der Waals surface area contributed by atoms with E-state index in [1.165, 1.54) is 0 Å². The molecule has 0 heterocycles. The lowest BCUT2D eigenvalue weighted by atomic mass is 10.1. The van der Waals surface area contributed by atoms with Crippen molar-refractivity contribution in [3.63, 3.8) is 0 Å². The lowest BCUT2D eigenvalue weighted by Crippen LogP contribution is -2.31. The van der Waals surface area contributed by atoms with E-state index in [0.29, 0.717) is 0 Å². The number of benzene rings is 1. The van der Waals surface area contributed by atoms with Gasteiger partial charge in [0.25, 0.3) is 0 Å². The molecule has 1 atom stereocenters. The first-order valence-electron chi connectivity index (χ1n) is 4.99. The van der Waals surface area contributed by atoms with E-state index in [4.69, 9.17) is 0 Å². The van der Waals surface area contributed by atoms with Crippen LogP contribution in [0.25, 0.3) is 0 Å². The fourth-order valence-corrected chi connectivity index (χ4v) is 1.28. The number of anilines is 1. The van der Waals surface area contributed by atoms with Crippen molar-refractivity contribution in [2.24, 2.45) is 5.92 Å². The van der Waals surface area contributed by atoms with Crippen LogP contribution in [0, 0.1) is 5.92 Å². The SMILES string of the molecule is CC[C@@H](C)C(=O)N(C)c1ccccc1. The minimum absolute atomic E-state index is 0.0974. The van der Waals surface area contributed by atoms with E-state index in [0.717, 1.165) is 12.1 Å². The highest BCUT2D eigenvalue weighted by atomic mass is 16.2. The molecule has 0 fully saturated rings. The summed E-state index contributed by atoms with van der Waals surface area (Å²) < 4.78 is 0. The summed E-state index contributed by atoms with van der Waals surface area (Å²) in [6, 6.07) is 9.72. The average Bonchev–Trinajstić information content (AvgIpc) is 2.27. The van der Waals surface area contributed by atoms with Crippen molar-refractivity contribution in [1.82, 2.24) is 0 Å². The Kier molecular flexibility index (Phi) is 3.69. The van der Waals surface area contributed by atoms with Gasteiger partial charge in [0.2, 0.25) is 5.91 Å². The zero-order valence-electron chi connectivity index (χ0n) is 9.03. The number of amides is 1. The van der Waals surface area contributed by atoms with Gasteiger partial charge in [0, 0.05) is 18.7 Å². The van der Waals surface area contributed by atoms with E-state index in [1.54, 1.807) is 4.90 Å². The first-order chi connectivity index (χ1) is 6.66. The van der Waals surface area contributed by atoms with Crippen molar-refractivity contribution >= 4 is 11.6 Å². The second kappa shape index (κ2) is 4.80. The topological polar surface area (TPSA) is 20.3 Å². The number of rotatable bonds is 3. The fourth-order valence-electron chi connectivity index (χ4n) is 1.28. The Hall–Kier alpha value is -1.31. The maximum atomic E-state index is 11.8.